The number of aliphatic hydroxyl groups is 1. The molecule has 3 rings (SSSR count). The quantitative estimate of drug-likeness (QED) is 0.688. The lowest BCUT2D eigenvalue weighted by molar-refractivity contribution is 0.0329. The number of carbonyl (C=O) groups is 1. The van der Waals surface area contributed by atoms with Gasteiger partial charge in [0.25, 0.3) is 5.91 Å². The summed E-state index contributed by atoms with van der Waals surface area (Å²) in [6, 6.07) is 12.8. The Morgan fingerprint density at radius 1 is 1.33 bits per heavy atom. The van der Waals surface area contributed by atoms with Gasteiger partial charge in [-0.25, -0.2) is 0 Å². The topological polar surface area (TPSA) is 78.3 Å². The van der Waals surface area contributed by atoms with Crippen LogP contribution in [0, 0.1) is 0 Å². The van der Waals surface area contributed by atoms with Crippen LogP contribution in [0.1, 0.15) is 23.2 Å². The molecule has 2 heterocycles. The Morgan fingerprint density at radius 2 is 2.14 bits per heavy atom. The maximum Gasteiger partial charge on any atom is 0.267 e. The van der Waals surface area contributed by atoms with E-state index in [1.165, 1.54) is 6.26 Å². The first-order valence-electron chi connectivity index (χ1n) is 6.68. The molecule has 3 N–H and O–H groups in total. The number of nitrogens with one attached hydrogen (secondary N) is 2. The molecule has 5 nitrogen and oxygen atoms in total. The third-order valence-electron chi connectivity index (χ3n) is 3.42. The fourth-order valence-corrected chi connectivity index (χ4v) is 2.22. The molecular formula is C16H16N2O3. The highest BCUT2D eigenvalue weighted by Crippen LogP contribution is 2.20. The Kier molecular flexibility index (Phi) is 3.27. The highest BCUT2D eigenvalue weighted by Gasteiger charge is 2.27. The van der Waals surface area contributed by atoms with Crippen LogP contribution in [-0.4, -0.2) is 22.5 Å². The second-order valence-electron chi connectivity index (χ2n) is 5.20. The highest BCUT2D eigenvalue weighted by atomic mass is 16.4. The number of H-pyrrole nitrogens is 1. The number of hydrogen-bond donors (Lipinski definition) is 3. The predicted octanol–water partition coefficient (Wildman–Crippen LogP) is 2.40. The van der Waals surface area contributed by atoms with Crippen LogP contribution in [0.3, 0.4) is 0 Å². The van der Waals surface area contributed by atoms with Gasteiger partial charge in [-0.2, -0.15) is 0 Å². The first kappa shape index (κ1) is 13.5. The maximum atomic E-state index is 12.1. The van der Waals surface area contributed by atoms with E-state index in [2.05, 4.69) is 10.3 Å². The molecule has 0 saturated carbocycles. The fraction of sp³-hybridized carbons (Fsp3) is 0.188. The SMILES string of the molecule is CC(O)(CNC(=O)c1cc2ccccc2[nH]1)c1ccco1. The zero-order chi connectivity index (χ0) is 14.9. The molecule has 1 atom stereocenters. The lowest BCUT2D eigenvalue weighted by Crippen LogP contribution is -2.38. The standard InChI is InChI=1S/C16H16N2O3/c1-16(20,14-7-4-8-21-14)10-17-15(19)13-9-11-5-2-3-6-12(11)18-13/h2-9,18,20H,10H2,1H3,(H,17,19). The first-order chi connectivity index (χ1) is 10.1. The second-order valence-corrected chi connectivity index (χ2v) is 5.20. The minimum absolute atomic E-state index is 0.0642. The van der Waals surface area contributed by atoms with Crippen LogP contribution in [0.15, 0.2) is 53.1 Å². The van der Waals surface area contributed by atoms with Gasteiger partial charge in [0.1, 0.15) is 17.1 Å². The summed E-state index contributed by atoms with van der Waals surface area (Å²) in [6.07, 6.45) is 1.49. The van der Waals surface area contributed by atoms with E-state index < -0.39 is 5.60 Å². The molecule has 1 aromatic carbocycles. The van der Waals surface area contributed by atoms with Gasteiger partial charge in [-0.05, 0) is 31.2 Å². The van der Waals surface area contributed by atoms with Gasteiger partial charge >= 0.3 is 0 Å². The number of furan rings is 1. The van der Waals surface area contributed by atoms with Gasteiger partial charge in [-0.1, -0.05) is 18.2 Å². The molecule has 0 radical (unpaired) electrons. The number of benzene rings is 1. The summed E-state index contributed by atoms with van der Waals surface area (Å²) < 4.78 is 5.18. The zero-order valence-corrected chi connectivity index (χ0v) is 11.6. The summed E-state index contributed by atoms with van der Waals surface area (Å²) >= 11 is 0. The summed E-state index contributed by atoms with van der Waals surface area (Å²) in [5, 5.41) is 14.0. The van der Waals surface area contributed by atoms with Crippen molar-refractivity contribution in [2.24, 2.45) is 0 Å². The van der Waals surface area contributed by atoms with E-state index in [9.17, 15) is 9.90 Å². The molecule has 1 amide bonds. The normalized spacial score (nSPS) is 14.0. The molecule has 0 aliphatic heterocycles. The summed E-state index contributed by atoms with van der Waals surface area (Å²) in [5.41, 5.74) is 0.123. The van der Waals surface area contributed by atoms with Crippen molar-refractivity contribution in [1.82, 2.24) is 10.3 Å². The third kappa shape index (κ3) is 2.68. The number of aromatic nitrogens is 1. The molecule has 108 valence electrons. The lowest BCUT2D eigenvalue weighted by atomic mass is 10.0. The summed E-state index contributed by atoms with van der Waals surface area (Å²) in [5.74, 6) is 0.150. The average Bonchev–Trinajstić information content (AvgIpc) is 3.13. The van der Waals surface area contributed by atoms with Crippen molar-refractivity contribution >= 4 is 16.8 Å². The summed E-state index contributed by atoms with van der Waals surface area (Å²) in [4.78, 5) is 15.2. The van der Waals surface area contributed by atoms with E-state index in [1.807, 2.05) is 24.3 Å². The molecule has 1 unspecified atom stereocenters. The van der Waals surface area contributed by atoms with Crippen LogP contribution in [0.4, 0.5) is 0 Å². The van der Waals surface area contributed by atoms with Crippen molar-refractivity contribution in [3.05, 3.63) is 60.2 Å². The molecular weight excluding hydrogens is 268 g/mol. The minimum Gasteiger partial charge on any atom is -0.466 e. The van der Waals surface area contributed by atoms with Gasteiger partial charge in [0.05, 0.1) is 12.8 Å². The van der Waals surface area contributed by atoms with Crippen LogP contribution < -0.4 is 5.32 Å². The third-order valence-corrected chi connectivity index (χ3v) is 3.42. The highest BCUT2D eigenvalue weighted by molar-refractivity contribution is 5.97. The van der Waals surface area contributed by atoms with E-state index in [1.54, 1.807) is 25.1 Å². The van der Waals surface area contributed by atoms with Crippen molar-refractivity contribution in [3.8, 4) is 0 Å². The summed E-state index contributed by atoms with van der Waals surface area (Å²) in [6.45, 7) is 1.66. The zero-order valence-electron chi connectivity index (χ0n) is 11.6. The Bertz CT molecular complexity index is 724. The van der Waals surface area contributed by atoms with E-state index >= 15 is 0 Å². The molecule has 3 aromatic rings. The van der Waals surface area contributed by atoms with Crippen LogP contribution >= 0.6 is 0 Å². The molecule has 0 saturated heterocycles. The monoisotopic (exact) mass is 284 g/mol. The van der Waals surface area contributed by atoms with Gasteiger partial charge in [0, 0.05) is 10.9 Å². The lowest BCUT2D eigenvalue weighted by Gasteiger charge is -2.20. The van der Waals surface area contributed by atoms with Crippen LogP contribution in [0.25, 0.3) is 10.9 Å². The number of para-hydroxylation sites is 1. The molecule has 0 fully saturated rings. The van der Waals surface area contributed by atoms with Crippen LogP contribution in [0.5, 0.6) is 0 Å². The molecule has 21 heavy (non-hydrogen) atoms. The smallest absolute Gasteiger partial charge is 0.267 e. The average molecular weight is 284 g/mol. The van der Waals surface area contributed by atoms with Crippen LogP contribution in [-0.2, 0) is 5.60 Å². The molecule has 2 aromatic heterocycles. The van der Waals surface area contributed by atoms with E-state index in [4.69, 9.17) is 4.42 Å². The minimum atomic E-state index is -1.24. The number of aromatic amines is 1. The summed E-state index contributed by atoms with van der Waals surface area (Å²) in [7, 11) is 0. The molecule has 0 aliphatic rings. The van der Waals surface area contributed by atoms with Gasteiger partial charge in [0.15, 0.2) is 0 Å². The van der Waals surface area contributed by atoms with Gasteiger partial charge in [-0.15, -0.1) is 0 Å². The number of rotatable bonds is 4. The van der Waals surface area contributed by atoms with E-state index in [0.717, 1.165) is 10.9 Å². The molecule has 0 aliphatic carbocycles. The van der Waals surface area contributed by atoms with Gasteiger partial charge in [0.2, 0.25) is 0 Å². The van der Waals surface area contributed by atoms with E-state index in [-0.39, 0.29) is 12.5 Å². The van der Waals surface area contributed by atoms with Crippen molar-refractivity contribution in [2.75, 3.05) is 6.54 Å². The number of carbonyl (C=O) groups excluding carboxylic acids is 1. The Hall–Kier alpha value is -2.53. The molecule has 5 heteroatoms. The number of amides is 1. The van der Waals surface area contributed by atoms with Crippen molar-refractivity contribution in [1.29, 1.82) is 0 Å². The molecule has 0 spiro atoms. The van der Waals surface area contributed by atoms with Crippen molar-refractivity contribution in [3.63, 3.8) is 0 Å². The molecule has 0 bridgehead atoms. The van der Waals surface area contributed by atoms with Crippen molar-refractivity contribution in [2.45, 2.75) is 12.5 Å². The van der Waals surface area contributed by atoms with Gasteiger partial charge < -0.3 is 19.8 Å². The van der Waals surface area contributed by atoms with E-state index in [0.29, 0.717) is 11.5 Å². The largest absolute Gasteiger partial charge is 0.466 e. The first-order valence-corrected chi connectivity index (χ1v) is 6.68. The van der Waals surface area contributed by atoms with Gasteiger partial charge in [-0.3, -0.25) is 4.79 Å². The second kappa shape index (κ2) is 5.10. The Balaban J connectivity index is 1.72. The number of hydrogen-bond acceptors (Lipinski definition) is 3. The Labute approximate surface area is 121 Å². The maximum absolute atomic E-state index is 12.1. The number of fused-ring (bicyclic) bond motifs is 1. The van der Waals surface area contributed by atoms with Crippen molar-refractivity contribution < 1.29 is 14.3 Å². The van der Waals surface area contributed by atoms with Crippen LogP contribution in [0.2, 0.25) is 0 Å². The predicted molar refractivity (Wildman–Crippen MR) is 78.9 cm³/mol. The fourth-order valence-electron chi connectivity index (χ4n) is 2.22. The Morgan fingerprint density at radius 3 is 2.86 bits per heavy atom.